The molecule has 0 spiro atoms. The lowest BCUT2D eigenvalue weighted by Crippen LogP contribution is -2.11. The minimum absolute atomic E-state index is 0.122. The fourth-order valence-electron chi connectivity index (χ4n) is 1.30. The SMILES string of the molecule is Cc1ccc(C(=O)Nc2sccc2C(=O)O)s1. The summed E-state index contributed by atoms with van der Waals surface area (Å²) in [4.78, 5) is 24.3. The zero-order valence-electron chi connectivity index (χ0n) is 8.89. The molecule has 0 aliphatic heterocycles. The van der Waals surface area contributed by atoms with Crippen molar-refractivity contribution in [2.24, 2.45) is 0 Å². The fraction of sp³-hybridized carbons (Fsp3) is 0.0909. The van der Waals surface area contributed by atoms with Crippen molar-refractivity contribution in [2.45, 2.75) is 6.92 Å². The number of carboxylic acids is 1. The Balaban J connectivity index is 2.18. The maximum absolute atomic E-state index is 11.8. The number of rotatable bonds is 3. The molecule has 0 aromatic carbocycles. The minimum Gasteiger partial charge on any atom is -0.478 e. The number of hydrogen-bond donors (Lipinski definition) is 2. The van der Waals surface area contributed by atoms with Gasteiger partial charge < -0.3 is 10.4 Å². The van der Waals surface area contributed by atoms with Crippen LogP contribution >= 0.6 is 22.7 Å². The van der Waals surface area contributed by atoms with Crippen LogP contribution in [0.25, 0.3) is 0 Å². The van der Waals surface area contributed by atoms with E-state index < -0.39 is 5.97 Å². The molecule has 4 nitrogen and oxygen atoms in total. The van der Waals surface area contributed by atoms with Gasteiger partial charge in [0.25, 0.3) is 5.91 Å². The van der Waals surface area contributed by atoms with Gasteiger partial charge >= 0.3 is 5.97 Å². The van der Waals surface area contributed by atoms with Gasteiger partial charge in [-0.25, -0.2) is 4.79 Å². The van der Waals surface area contributed by atoms with Crippen molar-refractivity contribution >= 4 is 39.6 Å². The summed E-state index contributed by atoms with van der Waals surface area (Å²) < 4.78 is 0. The molecule has 2 heterocycles. The molecule has 88 valence electrons. The van der Waals surface area contributed by atoms with Crippen LogP contribution in [0.2, 0.25) is 0 Å². The second-order valence-corrected chi connectivity index (χ2v) is 5.54. The van der Waals surface area contributed by atoms with Crippen LogP contribution in [0.15, 0.2) is 23.6 Å². The topological polar surface area (TPSA) is 66.4 Å². The summed E-state index contributed by atoms with van der Waals surface area (Å²) in [7, 11) is 0. The number of aryl methyl sites for hydroxylation is 1. The van der Waals surface area contributed by atoms with Crippen LogP contribution < -0.4 is 5.32 Å². The van der Waals surface area contributed by atoms with Crippen molar-refractivity contribution in [3.05, 3.63) is 38.9 Å². The lowest BCUT2D eigenvalue weighted by atomic mass is 10.3. The van der Waals surface area contributed by atoms with Crippen molar-refractivity contribution in [3.8, 4) is 0 Å². The van der Waals surface area contributed by atoms with Gasteiger partial charge in [0.1, 0.15) is 5.00 Å². The molecule has 2 aromatic rings. The van der Waals surface area contributed by atoms with Crippen LogP contribution in [0.4, 0.5) is 5.00 Å². The Morgan fingerprint density at radius 1 is 1.29 bits per heavy atom. The standard InChI is InChI=1S/C11H9NO3S2/c1-6-2-3-8(17-6)9(13)12-10-7(11(14)15)4-5-16-10/h2-5H,1H3,(H,12,13)(H,14,15). The first-order valence-corrected chi connectivity index (χ1v) is 6.46. The third-order valence-electron chi connectivity index (χ3n) is 2.09. The highest BCUT2D eigenvalue weighted by Gasteiger charge is 2.15. The Morgan fingerprint density at radius 2 is 2.06 bits per heavy atom. The zero-order chi connectivity index (χ0) is 12.4. The maximum atomic E-state index is 11.8. The summed E-state index contributed by atoms with van der Waals surface area (Å²) in [5.74, 6) is -1.31. The van der Waals surface area contributed by atoms with E-state index in [9.17, 15) is 9.59 Å². The molecule has 0 fully saturated rings. The molecular formula is C11H9NO3S2. The molecule has 0 aliphatic carbocycles. The lowest BCUT2D eigenvalue weighted by molar-refractivity contribution is 0.0698. The third-order valence-corrected chi connectivity index (χ3v) is 3.92. The van der Waals surface area contributed by atoms with Gasteiger partial charge in [0.2, 0.25) is 0 Å². The van der Waals surface area contributed by atoms with Crippen LogP contribution in [0.1, 0.15) is 24.9 Å². The summed E-state index contributed by atoms with van der Waals surface area (Å²) in [6.45, 7) is 1.91. The van der Waals surface area contributed by atoms with E-state index in [1.165, 1.54) is 28.7 Å². The maximum Gasteiger partial charge on any atom is 0.338 e. The van der Waals surface area contributed by atoms with E-state index in [1.54, 1.807) is 11.4 Å². The number of carbonyl (C=O) groups excluding carboxylic acids is 1. The number of hydrogen-bond acceptors (Lipinski definition) is 4. The molecule has 0 radical (unpaired) electrons. The number of anilines is 1. The molecule has 0 unspecified atom stereocenters. The van der Waals surface area contributed by atoms with Crippen LogP contribution in [0.3, 0.4) is 0 Å². The van der Waals surface area contributed by atoms with Crippen LogP contribution in [0.5, 0.6) is 0 Å². The molecule has 17 heavy (non-hydrogen) atoms. The summed E-state index contributed by atoms with van der Waals surface area (Å²) in [6, 6.07) is 5.05. The van der Waals surface area contributed by atoms with E-state index in [0.29, 0.717) is 9.88 Å². The van der Waals surface area contributed by atoms with E-state index in [0.717, 1.165) is 4.88 Å². The average Bonchev–Trinajstić information content (AvgIpc) is 2.86. The molecule has 0 atom stereocenters. The minimum atomic E-state index is -1.04. The molecule has 2 aromatic heterocycles. The van der Waals surface area contributed by atoms with Crippen LogP contribution in [-0.2, 0) is 0 Å². The Kier molecular flexibility index (Phi) is 3.26. The highest BCUT2D eigenvalue weighted by molar-refractivity contribution is 7.15. The number of amides is 1. The second kappa shape index (κ2) is 4.68. The van der Waals surface area contributed by atoms with Gasteiger partial charge in [0.15, 0.2) is 0 Å². The molecule has 6 heteroatoms. The van der Waals surface area contributed by atoms with Crippen LogP contribution in [-0.4, -0.2) is 17.0 Å². The summed E-state index contributed by atoms with van der Waals surface area (Å²) in [5, 5.41) is 13.5. The summed E-state index contributed by atoms with van der Waals surface area (Å²) in [5.41, 5.74) is 0.122. The van der Waals surface area contributed by atoms with E-state index in [-0.39, 0.29) is 11.5 Å². The monoisotopic (exact) mass is 267 g/mol. The molecule has 0 saturated heterocycles. The van der Waals surface area contributed by atoms with E-state index in [1.807, 2.05) is 13.0 Å². The molecule has 0 aliphatic rings. The molecule has 2 N–H and O–H groups in total. The van der Waals surface area contributed by atoms with Gasteiger partial charge in [-0.1, -0.05) is 0 Å². The van der Waals surface area contributed by atoms with Gasteiger partial charge in [-0.15, -0.1) is 22.7 Å². The second-order valence-electron chi connectivity index (χ2n) is 3.33. The van der Waals surface area contributed by atoms with Crippen molar-refractivity contribution < 1.29 is 14.7 Å². The number of carbonyl (C=O) groups is 2. The Labute approximate surface area is 106 Å². The Morgan fingerprint density at radius 3 is 2.65 bits per heavy atom. The zero-order valence-corrected chi connectivity index (χ0v) is 10.5. The lowest BCUT2D eigenvalue weighted by Gasteiger charge is -2.01. The molecule has 1 amide bonds. The van der Waals surface area contributed by atoms with Crippen LogP contribution in [0, 0.1) is 6.92 Å². The normalized spacial score (nSPS) is 10.2. The number of thiophene rings is 2. The predicted octanol–water partition coefficient (Wildman–Crippen LogP) is 3.07. The van der Waals surface area contributed by atoms with Gasteiger partial charge in [0.05, 0.1) is 10.4 Å². The predicted molar refractivity (Wildman–Crippen MR) is 68.3 cm³/mol. The highest BCUT2D eigenvalue weighted by atomic mass is 32.1. The van der Waals surface area contributed by atoms with Gasteiger partial charge in [-0.05, 0) is 30.5 Å². The Bertz CT molecular complexity index is 571. The van der Waals surface area contributed by atoms with E-state index in [2.05, 4.69) is 5.32 Å². The summed E-state index contributed by atoms with van der Waals surface area (Å²) >= 11 is 2.58. The number of aromatic carboxylic acids is 1. The van der Waals surface area contributed by atoms with Gasteiger partial charge in [0, 0.05) is 4.88 Å². The quantitative estimate of drug-likeness (QED) is 0.898. The number of carboxylic acid groups (broad SMARTS) is 1. The Hall–Kier alpha value is -1.66. The molecule has 0 bridgehead atoms. The number of nitrogens with one attached hydrogen (secondary N) is 1. The summed E-state index contributed by atoms with van der Waals surface area (Å²) in [6.07, 6.45) is 0. The van der Waals surface area contributed by atoms with Crippen molar-refractivity contribution in [2.75, 3.05) is 5.32 Å². The fourth-order valence-corrected chi connectivity index (χ4v) is 2.83. The van der Waals surface area contributed by atoms with E-state index in [4.69, 9.17) is 5.11 Å². The van der Waals surface area contributed by atoms with Gasteiger partial charge in [-0.3, -0.25) is 4.79 Å². The molecule has 0 saturated carbocycles. The first-order chi connectivity index (χ1) is 8.08. The molecule has 2 rings (SSSR count). The third kappa shape index (κ3) is 2.54. The van der Waals surface area contributed by atoms with E-state index >= 15 is 0 Å². The molecular weight excluding hydrogens is 258 g/mol. The smallest absolute Gasteiger partial charge is 0.338 e. The van der Waals surface area contributed by atoms with Crippen molar-refractivity contribution in [1.82, 2.24) is 0 Å². The highest BCUT2D eigenvalue weighted by Crippen LogP contribution is 2.25. The first-order valence-electron chi connectivity index (χ1n) is 4.76. The largest absolute Gasteiger partial charge is 0.478 e. The average molecular weight is 267 g/mol. The first kappa shape index (κ1) is 11.8. The van der Waals surface area contributed by atoms with Crippen molar-refractivity contribution in [3.63, 3.8) is 0 Å². The van der Waals surface area contributed by atoms with Crippen molar-refractivity contribution in [1.29, 1.82) is 0 Å². The van der Waals surface area contributed by atoms with Gasteiger partial charge in [-0.2, -0.15) is 0 Å².